The quantitative estimate of drug-likeness (QED) is 0.638. The van der Waals surface area contributed by atoms with Gasteiger partial charge in [0.2, 0.25) is 0 Å². The molecular formula is C14H20N2O2S. The average Bonchev–Trinajstić information content (AvgIpc) is 2.37. The molecule has 0 amide bonds. The maximum Gasteiger partial charge on any atom is 0.305 e. The molecule has 0 bridgehead atoms. The van der Waals surface area contributed by atoms with Crippen LogP contribution in [0.3, 0.4) is 0 Å². The van der Waals surface area contributed by atoms with E-state index in [1.807, 2.05) is 32.2 Å². The molecule has 2 N–H and O–H groups in total. The summed E-state index contributed by atoms with van der Waals surface area (Å²) in [7, 11) is 3.40. The van der Waals surface area contributed by atoms with Crippen LogP contribution in [-0.4, -0.2) is 31.7 Å². The van der Waals surface area contributed by atoms with E-state index >= 15 is 0 Å². The molecule has 104 valence electrons. The molecule has 4 nitrogen and oxygen atoms in total. The van der Waals surface area contributed by atoms with Crippen molar-refractivity contribution in [1.82, 2.24) is 0 Å². The van der Waals surface area contributed by atoms with Crippen molar-refractivity contribution in [2.45, 2.75) is 19.8 Å². The second kappa shape index (κ2) is 7.09. The zero-order valence-electron chi connectivity index (χ0n) is 11.6. The lowest BCUT2D eigenvalue weighted by atomic mass is 10.1. The van der Waals surface area contributed by atoms with Crippen LogP contribution in [-0.2, 0) is 9.53 Å². The number of hydrogen-bond donors (Lipinski definition) is 1. The fourth-order valence-corrected chi connectivity index (χ4v) is 2.08. The number of methoxy groups -OCH3 is 1. The molecule has 1 rings (SSSR count). The first-order valence-corrected chi connectivity index (χ1v) is 6.55. The van der Waals surface area contributed by atoms with E-state index in [0.717, 1.165) is 29.8 Å². The van der Waals surface area contributed by atoms with E-state index < -0.39 is 0 Å². The summed E-state index contributed by atoms with van der Waals surface area (Å²) in [6, 6.07) is 5.97. The second-order valence-corrected chi connectivity index (χ2v) is 4.90. The lowest BCUT2D eigenvalue weighted by Crippen LogP contribution is -2.20. The van der Waals surface area contributed by atoms with Crippen molar-refractivity contribution in [3.8, 4) is 0 Å². The predicted octanol–water partition coefficient (Wildman–Crippen LogP) is 2.02. The van der Waals surface area contributed by atoms with E-state index in [9.17, 15) is 4.79 Å². The number of hydrogen-bond acceptors (Lipinski definition) is 4. The Morgan fingerprint density at radius 3 is 2.68 bits per heavy atom. The Morgan fingerprint density at radius 2 is 2.16 bits per heavy atom. The number of nitrogens with two attached hydrogens (primary N) is 1. The molecule has 0 aliphatic carbocycles. The summed E-state index contributed by atoms with van der Waals surface area (Å²) in [4.78, 5) is 13.5. The third-order valence-electron chi connectivity index (χ3n) is 3.02. The Hall–Kier alpha value is -1.62. The van der Waals surface area contributed by atoms with Crippen LogP contribution in [0.25, 0.3) is 0 Å². The summed E-state index contributed by atoms with van der Waals surface area (Å²) in [5.41, 5.74) is 8.69. The summed E-state index contributed by atoms with van der Waals surface area (Å²) in [5.74, 6) is -0.173. The lowest BCUT2D eigenvalue weighted by molar-refractivity contribution is -0.140. The fraction of sp³-hybridized carbons (Fsp3) is 0.429. The number of aryl methyl sites for hydroxylation is 1. The molecule has 0 aliphatic heterocycles. The highest BCUT2D eigenvalue weighted by molar-refractivity contribution is 7.80. The Balaban J connectivity index is 2.62. The largest absolute Gasteiger partial charge is 0.469 e. The van der Waals surface area contributed by atoms with Gasteiger partial charge in [-0.2, -0.15) is 0 Å². The van der Waals surface area contributed by atoms with Crippen molar-refractivity contribution >= 4 is 28.9 Å². The summed E-state index contributed by atoms with van der Waals surface area (Å²) in [6.45, 7) is 2.78. The Labute approximate surface area is 119 Å². The minimum Gasteiger partial charge on any atom is -0.469 e. The fourth-order valence-electron chi connectivity index (χ4n) is 1.85. The zero-order valence-corrected chi connectivity index (χ0v) is 12.4. The number of rotatable bonds is 6. The van der Waals surface area contributed by atoms with Crippen LogP contribution in [0.2, 0.25) is 0 Å². The van der Waals surface area contributed by atoms with Gasteiger partial charge in [-0.15, -0.1) is 0 Å². The Bertz CT molecular complexity index is 475. The monoisotopic (exact) mass is 280 g/mol. The van der Waals surface area contributed by atoms with Gasteiger partial charge in [-0.1, -0.05) is 12.2 Å². The van der Waals surface area contributed by atoms with E-state index in [0.29, 0.717) is 11.4 Å². The van der Waals surface area contributed by atoms with Crippen LogP contribution < -0.4 is 10.6 Å². The van der Waals surface area contributed by atoms with Gasteiger partial charge >= 0.3 is 5.97 Å². The van der Waals surface area contributed by atoms with Gasteiger partial charge in [0.05, 0.1) is 7.11 Å². The second-order valence-electron chi connectivity index (χ2n) is 4.46. The third kappa shape index (κ3) is 4.52. The Morgan fingerprint density at radius 1 is 1.47 bits per heavy atom. The van der Waals surface area contributed by atoms with Crippen molar-refractivity contribution in [1.29, 1.82) is 0 Å². The van der Waals surface area contributed by atoms with Crippen LogP contribution in [0.4, 0.5) is 5.69 Å². The predicted molar refractivity (Wildman–Crippen MR) is 81.6 cm³/mol. The molecule has 0 fully saturated rings. The van der Waals surface area contributed by atoms with Gasteiger partial charge < -0.3 is 15.4 Å². The molecule has 19 heavy (non-hydrogen) atoms. The van der Waals surface area contributed by atoms with Gasteiger partial charge in [-0.3, -0.25) is 4.79 Å². The van der Waals surface area contributed by atoms with Crippen molar-refractivity contribution in [3.05, 3.63) is 29.3 Å². The van der Waals surface area contributed by atoms with Crippen molar-refractivity contribution in [3.63, 3.8) is 0 Å². The first-order chi connectivity index (χ1) is 8.95. The maximum atomic E-state index is 11.0. The normalized spacial score (nSPS) is 10.1. The number of ether oxygens (including phenoxy) is 1. The number of carbonyl (C=O) groups excluding carboxylic acids is 1. The third-order valence-corrected chi connectivity index (χ3v) is 3.24. The number of thiocarbonyl (C=S) groups is 1. The van der Waals surface area contributed by atoms with Gasteiger partial charge in [0, 0.05) is 31.3 Å². The highest BCUT2D eigenvalue weighted by Gasteiger charge is 2.07. The SMILES string of the molecule is COC(=O)CCCN(C)c1ccc(C(N)=S)c(C)c1. The van der Waals surface area contributed by atoms with Crippen LogP contribution >= 0.6 is 12.2 Å². The number of esters is 1. The molecule has 0 aromatic heterocycles. The minimum atomic E-state index is -0.173. The molecule has 0 saturated heterocycles. The number of carbonyl (C=O) groups is 1. The number of nitrogens with zero attached hydrogens (tertiary/aromatic N) is 1. The molecule has 0 spiro atoms. The molecule has 5 heteroatoms. The topological polar surface area (TPSA) is 55.6 Å². The summed E-state index contributed by atoms with van der Waals surface area (Å²) in [5, 5.41) is 0. The lowest BCUT2D eigenvalue weighted by Gasteiger charge is -2.20. The maximum absolute atomic E-state index is 11.0. The minimum absolute atomic E-state index is 0.173. The highest BCUT2D eigenvalue weighted by atomic mass is 32.1. The van der Waals surface area contributed by atoms with E-state index in [4.69, 9.17) is 18.0 Å². The van der Waals surface area contributed by atoms with E-state index in [-0.39, 0.29) is 5.97 Å². The molecule has 1 aromatic rings. The molecule has 1 aromatic carbocycles. The molecule has 0 aliphatic rings. The van der Waals surface area contributed by atoms with E-state index in [1.165, 1.54) is 7.11 Å². The highest BCUT2D eigenvalue weighted by Crippen LogP contribution is 2.18. The molecule has 0 atom stereocenters. The number of benzene rings is 1. The molecular weight excluding hydrogens is 260 g/mol. The molecule has 0 radical (unpaired) electrons. The summed E-state index contributed by atoms with van der Waals surface area (Å²) in [6.07, 6.45) is 1.20. The standard InChI is InChI=1S/C14H20N2O2S/c1-10-9-11(6-7-12(10)14(15)19)16(2)8-4-5-13(17)18-3/h6-7,9H,4-5,8H2,1-3H3,(H2,15,19). The van der Waals surface area contributed by atoms with Gasteiger partial charge in [-0.25, -0.2) is 0 Å². The van der Waals surface area contributed by atoms with Crippen LogP contribution in [0.1, 0.15) is 24.0 Å². The smallest absolute Gasteiger partial charge is 0.305 e. The number of anilines is 1. The van der Waals surface area contributed by atoms with E-state index in [1.54, 1.807) is 0 Å². The van der Waals surface area contributed by atoms with Crippen molar-refractivity contribution in [2.24, 2.45) is 5.73 Å². The van der Waals surface area contributed by atoms with E-state index in [2.05, 4.69) is 9.64 Å². The van der Waals surface area contributed by atoms with Crippen molar-refractivity contribution < 1.29 is 9.53 Å². The van der Waals surface area contributed by atoms with Gasteiger partial charge in [0.15, 0.2) is 0 Å². The van der Waals surface area contributed by atoms with Gasteiger partial charge in [0.1, 0.15) is 4.99 Å². The molecule has 0 saturated carbocycles. The summed E-state index contributed by atoms with van der Waals surface area (Å²) < 4.78 is 4.61. The first-order valence-electron chi connectivity index (χ1n) is 6.14. The van der Waals surface area contributed by atoms with Crippen LogP contribution in [0, 0.1) is 6.92 Å². The Kier molecular flexibility index (Phi) is 5.76. The van der Waals surface area contributed by atoms with Gasteiger partial charge in [0.25, 0.3) is 0 Å². The van der Waals surface area contributed by atoms with Crippen LogP contribution in [0.15, 0.2) is 18.2 Å². The first kappa shape index (κ1) is 15.4. The molecule has 0 heterocycles. The van der Waals surface area contributed by atoms with Crippen LogP contribution in [0.5, 0.6) is 0 Å². The molecule has 0 unspecified atom stereocenters. The van der Waals surface area contributed by atoms with Crippen molar-refractivity contribution in [2.75, 3.05) is 25.6 Å². The van der Waals surface area contributed by atoms with Gasteiger partial charge in [-0.05, 0) is 37.1 Å². The zero-order chi connectivity index (χ0) is 14.4. The average molecular weight is 280 g/mol. The summed E-state index contributed by atoms with van der Waals surface area (Å²) >= 11 is 4.98.